The molecule has 0 fully saturated rings. The molecule has 0 atom stereocenters. The molecule has 0 aliphatic heterocycles. The molecule has 1 aromatic heterocycles. The maximum atomic E-state index is 12.8. The fourth-order valence-electron chi connectivity index (χ4n) is 2.34. The van der Waals surface area contributed by atoms with Crippen LogP contribution in [-0.2, 0) is 27.5 Å². The fourth-order valence-corrected chi connectivity index (χ4v) is 2.90. The Bertz CT molecular complexity index is 1160. The highest BCUT2D eigenvalue weighted by molar-refractivity contribution is 7.89. The molecule has 9 nitrogen and oxygen atoms in total. The normalized spacial score (nSPS) is 12.0. The second kappa shape index (κ2) is 7.60. The standard InChI is InChI=1S/C16H13F3N6O3S/c17-16(18,19)11-4-1-3-10(7-11)15-22-24-25(23-15)9-14(26)21-12-5-2-6-13(8-12)29(20,27)28/h1-8H,9H2,(H,21,26)(H2,20,27,28). The molecular weight excluding hydrogens is 413 g/mol. The minimum atomic E-state index is -4.52. The summed E-state index contributed by atoms with van der Waals surface area (Å²) in [5.74, 6) is -0.690. The van der Waals surface area contributed by atoms with Crippen molar-refractivity contribution in [2.75, 3.05) is 5.32 Å². The number of hydrogen-bond acceptors (Lipinski definition) is 6. The van der Waals surface area contributed by atoms with E-state index in [9.17, 15) is 26.4 Å². The summed E-state index contributed by atoms with van der Waals surface area (Å²) in [6.07, 6.45) is -4.52. The number of carbonyl (C=O) groups is 1. The molecular formula is C16H13F3N6O3S. The molecule has 3 aromatic rings. The van der Waals surface area contributed by atoms with Crippen LogP contribution in [0.5, 0.6) is 0 Å². The summed E-state index contributed by atoms with van der Waals surface area (Å²) >= 11 is 0. The first kappa shape index (κ1) is 20.4. The average Bonchev–Trinajstić information content (AvgIpc) is 3.09. The SMILES string of the molecule is NS(=O)(=O)c1cccc(NC(=O)Cn2nnc(-c3cccc(C(F)(F)F)c3)n2)c1. The largest absolute Gasteiger partial charge is 0.416 e. The van der Waals surface area contributed by atoms with Crippen LogP contribution in [0.2, 0.25) is 0 Å². The van der Waals surface area contributed by atoms with Crippen LogP contribution in [0.25, 0.3) is 11.4 Å². The number of benzene rings is 2. The Hall–Kier alpha value is -3.32. The van der Waals surface area contributed by atoms with Crippen LogP contribution in [0.3, 0.4) is 0 Å². The fraction of sp³-hybridized carbons (Fsp3) is 0.125. The quantitative estimate of drug-likeness (QED) is 0.637. The summed E-state index contributed by atoms with van der Waals surface area (Å²) in [5.41, 5.74) is -0.592. The summed E-state index contributed by atoms with van der Waals surface area (Å²) in [5, 5.41) is 18.7. The first-order valence-corrected chi connectivity index (χ1v) is 9.45. The van der Waals surface area contributed by atoms with Crippen molar-refractivity contribution in [3.63, 3.8) is 0 Å². The third-order valence-electron chi connectivity index (χ3n) is 3.63. The number of rotatable bonds is 5. The minimum absolute atomic E-state index is 0.0832. The van der Waals surface area contributed by atoms with Crippen molar-refractivity contribution in [2.24, 2.45) is 5.14 Å². The molecule has 0 aliphatic carbocycles. The van der Waals surface area contributed by atoms with Gasteiger partial charge in [-0.1, -0.05) is 18.2 Å². The van der Waals surface area contributed by atoms with Gasteiger partial charge in [0, 0.05) is 11.3 Å². The lowest BCUT2D eigenvalue weighted by molar-refractivity contribution is -0.137. The van der Waals surface area contributed by atoms with E-state index in [-0.39, 0.29) is 22.0 Å². The Morgan fingerprint density at radius 3 is 2.55 bits per heavy atom. The van der Waals surface area contributed by atoms with Crippen LogP contribution in [0.1, 0.15) is 5.56 Å². The van der Waals surface area contributed by atoms with Crippen molar-refractivity contribution in [1.82, 2.24) is 20.2 Å². The number of anilines is 1. The lowest BCUT2D eigenvalue weighted by atomic mass is 10.1. The molecule has 3 rings (SSSR count). The van der Waals surface area contributed by atoms with E-state index < -0.39 is 34.2 Å². The van der Waals surface area contributed by atoms with Crippen LogP contribution >= 0.6 is 0 Å². The van der Waals surface area contributed by atoms with E-state index in [0.717, 1.165) is 16.9 Å². The zero-order valence-corrected chi connectivity index (χ0v) is 15.3. The number of alkyl halides is 3. The Kier molecular flexibility index (Phi) is 5.35. The van der Waals surface area contributed by atoms with Crippen LogP contribution < -0.4 is 10.5 Å². The van der Waals surface area contributed by atoms with Gasteiger partial charge in [0.15, 0.2) is 0 Å². The summed E-state index contributed by atoms with van der Waals surface area (Å²) in [7, 11) is -3.93. The molecule has 0 aliphatic rings. The van der Waals surface area contributed by atoms with E-state index in [1.54, 1.807) is 0 Å². The van der Waals surface area contributed by atoms with Crippen molar-refractivity contribution in [2.45, 2.75) is 17.6 Å². The Balaban J connectivity index is 1.72. The maximum Gasteiger partial charge on any atom is 0.416 e. The van der Waals surface area contributed by atoms with Crippen molar-refractivity contribution in [3.8, 4) is 11.4 Å². The monoisotopic (exact) mass is 426 g/mol. The molecule has 1 amide bonds. The number of nitrogens with two attached hydrogens (primary N) is 1. The topological polar surface area (TPSA) is 133 Å². The van der Waals surface area contributed by atoms with Gasteiger partial charge in [-0.3, -0.25) is 4.79 Å². The van der Waals surface area contributed by atoms with Gasteiger partial charge in [-0.15, -0.1) is 10.2 Å². The molecule has 152 valence electrons. The molecule has 0 unspecified atom stereocenters. The van der Waals surface area contributed by atoms with Gasteiger partial charge in [0.2, 0.25) is 21.8 Å². The van der Waals surface area contributed by atoms with Crippen molar-refractivity contribution < 1.29 is 26.4 Å². The Morgan fingerprint density at radius 1 is 1.14 bits per heavy atom. The molecule has 29 heavy (non-hydrogen) atoms. The highest BCUT2D eigenvalue weighted by atomic mass is 32.2. The molecule has 2 aromatic carbocycles. The molecule has 0 saturated carbocycles. The van der Waals surface area contributed by atoms with Crippen molar-refractivity contribution in [1.29, 1.82) is 0 Å². The molecule has 0 bridgehead atoms. The minimum Gasteiger partial charge on any atom is -0.324 e. The van der Waals surface area contributed by atoms with E-state index in [2.05, 4.69) is 20.7 Å². The van der Waals surface area contributed by atoms with E-state index in [1.807, 2.05) is 0 Å². The number of hydrogen-bond donors (Lipinski definition) is 2. The third-order valence-corrected chi connectivity index (χ3v) is 4.54. The van der Waals surface area contributed by atoms with Gasteiger partial charge in [0.25, 0.3) is 0 Å². The first-order valence-electron chi connectivity index (χ1n) is 7.90. The van der Waals surface area contributed by atoms with Gasteiger partial charge >= 0.3 is 6.18 Å². The number of primary sulfonamides is 1. The predicted molar refractivity (Wildman–Crippen MR) is 94.7 cm³/mol. The van der Waals surface area contributed by atoms with Crippen LogP contribution in [0.15, 0.2) is 53.4 Å². The van der Waals surface area contributed by atoms with Gasteiger partial charge in [-0.2, -0.15) is 18.0 Å². The second-order valence-electron chi connectivity index (χ2n) is 5.84. The number of tetrazole rings is 1. The van der Waals surface area contributed by atoms with Gasteiger partial charge in [0.05, 0.1) is 10.5 Å². The van der Waals surface area contributed by atoms with Gasteiger partial charge in [0.1, 0.15) is 6.54 Å². The lowest BCUT2D eigenvalue weighted by Crippen LogP contribution is -2.21. The lowest BCUT2D eigenvalue weighted by Gasteiger charge is -2.07. The van der Waals surface area contributed by atoms with E-state index in [4.69, 9.17) is 5.14 Å². The van der Waals surface area contributed by atoms with Gasteiger partial charge in [-0.25, -0.2) is 13.6 Å². The van der Waals surface area contributed by atoms with Crippen LogP contribution in [-0.4, -0.2) is 34.5 Å². The highest BCUT2D eigenvalue weighted by Crippen LogP contribution is 2.31. The summed E-state index contributed by atoms with van der Waals surface area (Å²) in [4.78, 5) is 12.8. The van der Waals surface area contributed by atoms with E-state index in [0.29, 0.717) is 0 Å². The number of aromatic nitrogens is 4. The van der Waals surface area contributed by atoms with E-state index >= 15 is 0 Å². The smallest absolute Gasteiger partial charge is 0.324 e. The number of sulfonamides is 1. The predicted octanol–water partition coefficient (Wildman–Crippen LogP) is 1.64. The number of nitrogens with zero attached hydrogens (tertiary/aromatic N) is 4. The summed E-state index contributed by atoms with van der Waals surface area (Å²) < 4.78 is 61.1. The Labute approximate surface area is 162 Å². The maximum absolute atomic E-state index is 12.8. The first-order chi connectivity index (χ1) is 13.5. The molecule has 0 spiro atoms. The Morgan fingerprint density at radius 2 is 1.86 bits per heavy atom. The number of halogens is 3. The molecule has 1 heterocycles. The zero-order valence-electron chi connectivity index (χ0n) is 14.5. The van der Waals surface area contributed by atoms with Gasteiger partial charge < -0.3 is 5.32 Å². The summed E-state index contributed by atoms with van der Waals surface area (Å²) in [6.45, 7) is -0.397. The molecule has 13 heteroatoms. The van der Waals surface area contributed by atoms with Crippen LogP contribution in [0.4, 0.5) is 18.9 Å². The zero-order chi connectivity index (χ0) is 21.2. The number of carbonyl (C=O) groups excluding carboxylic acids is 1. The van der Waals surface area contributed by atoms with Gasteiger partial charge in [-0.05, 0) is 35.5 Å². The number of nitrogens with one attached hydrogen (secondary N) is 1. The van der Waals surface area contributed by atoms with Crippen molar-refractivity contribution in [3.05, 3.63) is 54.1 Å². The van der Waals surface area contributed by atoms with Crippen molar-refractivity contribution >= 4 is 21.6 Å². The molecule has 0 saturated heterocycles. The highest BCUT2D eigenvalue weighted by Gasteiger charge is 2.30. The van der Waals surface area contributed by atoms with E-state index in [1.165, 1.54) is 36.4 Å². The molecule has 0 radical (unpaired) electrons. The second-order valence-corrected chi connectivity index (χ2v) is 7.40. The number of amides is 1. The molecule has 3 N–H and O–H groups in total. The average molecular weight is 426 g/mol. The summed E-state index contributed by atoms with van der Waals surface area (Å²) in [6, 6.07) is 9.68. The third kappa shape index (κ3) is 5.14. The van der Waals surface area contributed by atoms with Crippen LogP contribution in [0, 0.1) is 0 Å².